The third kappa shape index (κ3) is 3.46. The highest BCUT2D eigenvalue weighted by Gasteiger charge is 2.20. The molecule has 126 valence electrons. The van der Waals surface area contributed by atoms with Crippen molar-refractivity contribution in [3.63, 3.8) is 0 Å². The fraction of sp³-hybridized carbons (Fsp3) is 0.353. The predicted molar refractivity (Wildman–Crippen MR) is 89.2 cm³/mol. The molecule has 2 amide bonds. The van der Waals surface area contributed by atoms with Crippen LogP contribution >= 0.6 is 0 Å². The van der Waals surface area contributed by atoms with Gasteiger partial charge in [-0.3, -0.25) is 9.59 Å². The number of nitrogens with zero attached hydrogens (tertiary/aromatic N) is 3. The van der Waals surface area contributed by atoms with Gasteiger partial charge in [-0.25, -0.2) is 4.98 Å². The molecular weight excluding hydrogens is 308 g/mol. The normalized spacial score (nSPS) is 14.6. The smallest absolute Gasteiger partial charge is 0.243 e. The maximum Gasteiger partial charge on any atom is 0.243 e. The number of nitrogens with one attached hydrogen (secondary N) is 1. The van der Waals surface area contributed by atoms with Crippen molar-refractivity contribution < 1.29 is 14.3 Å². The fourth-order valence-electron chi connectivity index (χ4n) is 2.72. The van der Waals surface area contributed by atoms with Crippen LogP contribution in [-0.2, 0) is 27.4 Å². The van der Waals surface area contributed by atoms with Crippen LogP contribution in [-0.4, -0.2) is 52.6 Å². The third-order valence-electron chi connectivity index (χ3n) is 4.00. The SMILES string of the molecule is C=CC(=O)NCc1nc2ccccc2n1CC(=O)N1CCOCC1. The van der Waals surface area contributed by atoms with E-state index in [1.807, 2.05) is 28.8 Å². The third-order valence-corrected chi connectivity index (χ3v) is 4.00. The number of fused-ring (bicyclic) bond motifs is 1. The summed E-state index contributed by atoms with van der Waals surface area (Å²) in [4.78, 5) is 30.3. The molecule has 0 bridgehead atoms. The lowest BCUT2D eigenvalue weighted by Crippen LogP contribution is -2.42. The van der Waals surface area contributed by atoms with E-state index in [0.29, 0.717) is 32.1 Å². The van der Waals surface area contributed by atoms with Gasteiger partial charge in [0.2, 0.25) is 11.8 Å². The summed E-state index contributed by atoms with van der Waals surface area (Å²) in [5, 5.41) is 2.72. The van der Waals surface area contributed by atoms with Crippen LogP contribution in [0.1, 0.15) is 5.82 Å². The number of ether oxygens (including phenoxy) is 1. The Kier molecular flexibility index (Phi) is 4.90. The molecule has 0 atom stereocenters. The van der Waals surface area contributed by atoms with E-state index in [0.717, 1.165) is 11.0 Å². The number of amides is 2. The summed E-state index contributed by atoms with van der Waals surface area (Å²) in [6.45, 7) is 6.22. The summed E-state index contributed by atoms with van der Waals surface area (Å²) in [6, 6.07) is 7.62. The molecule has 7 heteroatoms. The Morgan fingerprint density at radius 3 is 2.79 bits per heavy atom. The van der Waals surface area contributed by atoms with E-state index in [1.165, 1.54) is 6.08 Å². The van der Waals surface area contributed by atoms with Gasteiger partial charge in [-0.1, -0.05) is 18.7 Å². The second-order valence-corrected chi connectivity index (χ2v) is 5.52. The summed E-state index contributed by atoms with van der Waals surface area (Å²) in [5.74, 6) is 0.402. The van der Waals surface area contributed by atoms with Crippen LogP contribution in [0.4, 0.5) is 0 Å². The minimum Gasteiger partial charge on any atom is -0.378 e. The molecule has 1 fully saturated rings. The lowest BCUT2D eigenvalue weighted by Gasteiger charge is -2.27. The van der Waals surface area contributed by atoms with Crippen molar-refractivity contribution in [3.8, 4) is 0 Å². The number of carbonyl (C=O) groups excluding carboxylic acids is 2. The first-order chi connectivity index (χ1) is 11.7. The van der Waals surface area contributed by atoms with E-state index in [1.54, 1.807) is 4.90 Å². The van der Waals surface area contributed by atoms with E-state index in [4.69, 9.17) is 4.74 Å². The molecule has 0 radical (unpaired) electrons. The number of carbonyl (C=O) groups is 2. The highest BCUT2D eigenvalue weighted by Crippen LogP contribution is 2.16. The van der Waals surface area contributed by atoms with Gasteiger partial charge in [-0.05, 0) is 18.2 Å². The molecular formula is C17H20N4O3. The first-order valence-corrected chi connectivity index (χ1v) is 7.89. The average Bonchev–Trinajstić information content (AvgIpc) is 2.98. The van der Waals surface area contributed by atoms with Crippen LogP contribution in [0.3, 0.4) is 0 Å². The molecule has 0 spiro atoms. The van der Waals surface area contributed by atoms with Crippen molar-refractivity contribution in [1.29, 1.82) is 0 Å². The Morgan fingerprint density at radius 1 is 1.29 bits per heavy atom. The van der Waals surface area contributed by atoms with E-state index in [-0.39, 0.29) is 24.9 Å². The quantitative estimate of drug-likeness (QED) is 0.820. The molecule has 24 heavy (non-hydrogen) atoms. The monoisotopic (exact) mass is 328 g/mol. The number of rotatable bonds is 5. The van der Waals surface area contributed by atoms with Crippen LogP contribution in [0.2, 0.25) is 0 Å². The van der Waals surface area contributed by atoms with Gasteiger partial charge in [0.25, 0.3) is 0 Å². The van der Waals surface area contributed by atoms with Gasteiger partial charge in [0.15, 0.2) is 0 Å². The Balaban J connectivity index is 1.84. The fourth-order valence-corrected chi connectivity index (χ4v) is 2.72. The lowest BCUT2D eigenvalue weighted by molar-refractivity contribution is -0.135. The second-order valence-electron chi connectivity index (χ2n) is 5.52. The molecule has 1 aliphatic rings. The molecule has 1 aromatic heterocycles. The van der Waals surface area contributed by atoms with Crippen LogP contribution < -0.4 is 5.32 Å². The Bertz CT molecular complexity index is 762. The molecule has 1 N–H and O–H groups in total. The van der Waals surface area contributed by atoms with E-state index < -0.39 is 0 Å². The molecule has 1 aliphatic heterocycles. The molecule has 0 saturated carbocycles. The van der Waals surface area contributed by atoms with E-state index in [2.05, 4.69) is 16.9 Å². The molecule has 2 aromatic rings. The number of aromatic nitrogens is 2. The number of para-hydroxylation sites is 2. The largest absolute Gasteiger partial charge is 0.378 e. The molecule has 2 heterocycles. The highest BCUT2D eigenvalue weighted by molar-refractivity contribution is 5.87. The average molecular weight is 328 g/mol. The zero-order chi connectivity index (χ0) is 16.9. The van der Waals surface area contributed by atoms with Gasteiger partial charge < -0.3 is 19.5 Å². The Labute approximate surface area is 139 Å². The van der Waals surface area contributed by atoms with Gasteiger partial charge in [0, 0.05) is 13.1 Å². The lowest BCUT2D eigenvalue weighted by atomic mass is 10.3. The molecule has 3 rings (SSSR count). The second kappa shape index (κ2) is 7.27. The van der Waals surface area contributed by atoms with Crippen molar-refractivity contribution in [2.24, 2.45) is 0 Å². The Morgan fingerprint density at radius 2 is 2.04 bits per heavy atom. The van der Waals surface area contributed by atoms with Crippen LogP contribution in [0, 0.1) is 0 Å². The molecule has 0 aliphatic carbocycles. The summed E-state index contributed by atoms with van der Waals surface area (Å²) in [5.41, 5.74) is 1.68. The highest BCUT2D eigenvalue weighted by atomic mass is 16.5. The summed E-state index contributed by atoms with van der Waals surface area (Å²) >= 11 is 0. The van der Waals surface area contributed by atoms with Crippen molar-refractivity contribution in [2.75, 3.05) is 26.3 Å². The van der Waals surface area contributed by atoms with Crippen molar-refractivity contribution in [2.45, 2.75) is 13.1 Å². The van der Waals surface area contributed by atoms with Gasteiger partial charge in [0.05, 0.1) is 30.8 Å². The zero-order valence-electron chi connectivity index (χ0n) is 13.4. The molecule has 7 nitrogen and oxygen atoms in total. The number of hydrogen-bond acceptors (Lipinski definition) is 4. The number of imidazole rings is 1. The van der Waals surface area contributed by atoms with Crippen molar-refractivity contribution in [3.05, 3.63) is 42.7 Å². The maximum atomic E-state index is 12.6. The molecule has 0 unspecified atom stereocenters. The summed E-state index contributed by atoms with van der Waals surface area (Å²) < 4.78 is 7.14. The van der Waals surface area contributed by atoms with Crippen molar-refractivity contribution in [1.82, 2.24) is 19.8 Å². The summed E-state index contributed by atoms with van der Waals surface area (Å²) in [6.07, 6.45) is 1.21. The van der Waals surface area contributed by atoms with Crippen LogP contribution in [0.25, 0.3) is 11.0 Å². The van der Waals surface area contributed by atoms with Gasteiger partial charge in [-0.2, -0.15) is 0 Å². The maximum absolute atomic E-state index is 12.6. The van der Waals surface area contributed by atoms with Crippen molar-refractivity contribution >= 4 is 22.8 Å². The first-order valence-electron chi connectivity index (χ1n) is 7.89. The van der Waals surface area contributed by atoms with Crippen LogP contribution in [0.15, 0.2) is 36.9 Å². The number of hydrogen-bond donors (Lipinski definition) is 1. The predicted octanol–water partition coefficient (Wildman–Crippen LogP) is 0.697. The van der Waals surface area contributed by atoms with E-state index >= 15 is 0 Å². The van der Waals surface area contributed by atoms with Gasteiger partial charge in [0.1, 0.15) is 12.4 Å². The minimum atomic E-state index is -0.270. The molecule has 1 aromatic carbocycles. The van der Waals surface area contributed by atoms with Gasteiger partial charge in [-0.15, -0.1) is 0 Å². The topological polar surface area (TPSA) is 76.5 Å². The molecule has 1 saturated heterocycles. The number of benzene rings is 1. The Hall–Kier alpha value is -2.67. The number of morpholine rings is 1. The van der Waals surface area contributed by atoms with E-state index in [9.17, 15) is 9.59 Å². The first kappa shape index (κ1) is 16.2. The zero-order valence-corrected chi connectivity index (χ0v) is 13.4. The standard InChI is InChI=1S/C17H20N4O3/c1-2-16(22)18-11-15-19-13-5-3-4-6-14(13)21(15)12-17(23)20-7-9-24-10-8-20/h2-6H,1,7-12H2,(H,18,22). The van der Waals surface area contributed by atoms with Crippen LogP contribution in [0.5, 0.6) is 0 Å². The minimum absolute atomic E-state index is 0.0257. The van der Waals surface area contributed by atoms with Gasteiger partial charge >= 0.3 is 0 Å². The summed E-state index contributed by atoms with van der Waals surface area (Å²) in [7, 11) is 0.